The molecule has 0 radical (unpaired) electrons. The topological polar surface area (TPSA) is 47.6 Å². The molecule has 0 unspecified atom stereocenters. The molecule has 2 aliphatic heterocycles. The van der Waals surface area contributed by atoms with Crippen LogP contribution in [0.15, 0.2) is 0 Å². The van der Waals surface area contributed by atoms with Gasteiger partial charge in [0.1, 0.15) is 0 Å². The van der Waals surface area contributed by atoms with Crippen molar-refractivity contribution in [1.82, 2.24) is 20.4 Å². The lowest BCUT2D eigenvalue weighted by Crippen LogP contribution is -2.38. The second-order valence-electron chi connectivity index (χ2n) is 4.16. The van der Waals surface area contributed by atoms with Gasteiger partial charge in [-0.1, -0.05) is 0 Å². The molecule has 0 saturated carbocycles. The van der Waals surface area contributed by atoms with Crippen LogP contribution in [0, 0.1) is 0 Å². The van der Waals surface area contributed by atoms with E-state index in [4.69, 9.17) is 0 Å². The van der Waals surface area contributed by atoms with E-state index in [-0.39, 0.29) is 6.03 Å². The van der Waals surface area contributed by atoms with Crippen LogP contribution >= 0.6 is 0 Å². The summed E-state index contributed by atoms with van der Waals surface area (Å²) in [6.07, 6.45) is 1.21. The fourth-order valence-electron chi connectivity index (χ4n) is 2.11. The predicted molar refractivity (Wildman–Crippen MR) is 58.9 cm³/mol. The van der Waals surface area contributed by atoms with E-state index in [0.717, 1.165) is 52.4 Å². The Balaban J connectivity index is 1.69. The highest BCUT2D eigenvalue weighted by Crippen LogP contribution is 1.99. The molecule has 5 heteroatoms. The van der Waals surface area contributed by atoms with Gasteiger partial charge in [-0.15, -0.1) is 0 Å². The van der Waals surface area contributed by atoms with Crippen molar-refractivity contribution in [3.8, 4) is 0 Å². The summed E-state index contributed by atoms with van der Waals surface area (Å²) in [4.78, 5) is 15.6. The average Bonchev–Trinajstić information content (AvgIpc) is 2.53. The summed E-state index contributed by atoms with van der Waals surface area (Å²) in [5.74, 6) is 0. The average molecular weight is 212 g/mol. The fourth-order valence-corrected chi connectivity index (χ4v) is 2.11. The first-order chi connectivity index (χ1) is 7.36. The summed E-state index contributed by atoms with van der Waals surface area (Å²) in [6.45, 7) is 8.01. The van der Waals surface area contributed by atoms with Crippen LogP contribution in [0.3, 0.4) is 0 Å². The molecule has 2 heterocycles. The summed E-state index contributed by atoms with van der Waals surface area (Å²) < 4.78 is 0. The van der Waals surface area contributed by atoms with Crippen LogP contribution in [-0.4, -0.2) is 68.2 Å². The van der Waals surface area contributed by atoms with Crippen molar-refractivity contribution in [3.05, 3.63) is 0 Å². The van der Waals surface area contributed by atoms with Gasteiger partial charge in [-0.25, -0.2) is 4.79 Å². The second-order valence-corrected chi connectivity index (χ2v) is 4.16. The molecule has 0 aromatic rings. The Labute approximate surface area is 90.8 Å². The minimum Gasteiger partial charge on any atom is -0.336 e. The van der Waals surface area contributed by atoms with Crippen LogP contribution in [0.5, 0.6) is 0 Å². The van der Waals surface area contributed by atoms with Crippen LogP contribution in [0.2, 0.25) is 0 Å². The normalized spacial score (nSPS) is 24.0. The van der Waals surface area contributed by atoms with Crippen LogP contribution in [-0.2, 0) is 0 Å². The summed E-state index contributed by atoms with van der Waals surface area (Å²) in [5.41, 5.74) is 0. The number of hydrogen-bond acceptors (Lipinski definition) is 3. The van der Waals surface area contributed by atoms with Gasteiger partial charge in [-0.3, -0.25) is 0 Å². The molecule has 0 aromatic heterocycles. The molecular formula is C10H20N4O. The first kappa shape index (κ1) is 10.7. The molecule has 0 bridgehead atoms. The lowest BCUT2D eigenvalue weighted by atomic mass is 10.4. The molecule has 5 nitrogen and oxygen atoms in total. The summed E-state index contributed by atoms with van der Waals surface area (Å²) >= 11 is 0. The third kappa shape index (κ3) is 3.07. The third-order valence-electron chi connectivity index (χ3n) is 3.06. The van der Waals surface area contributed by atoms with Crippen LogP contribution in [0.25, 0.3) is 0 Å². The largest absolute Gasteiger partial charge is 0.336 e. The van der Waals surface area contributed by atoms with Gasteiger partial charge < -0.3 is 20.4 Å². The van der Waals surface area contributed by atoms with Crippen molar-refractivity contribution in [2.75, 3.05) is 52.4 Å². The summed E-state index contributed by atoms with van der Waals surface area (Å²) in [7, 11) is 0. The molecule has 86 valence electrons. The Kier molecular flexibility index (Phi) is 3.80. The van der Waals surface area contributed by atoms with Crippen molar-refractivity contribution in [1.29, 1.82) is 0 Å². The van der Waals surface area contributed by atoms with Crippen molar-refractivity contribution in [2.45, 2.75) is 6.42 Å². The van der Waals surface area contributed by atoms with Crippen LogP contribution < -0.4 is 10.6 Å². The van der Waals surface area contributed by atoms with E-state index in [1.165, 1.54) is 6.42 Å². The SMILES string of the molecule is O=C1NCCN1CCN1CCCNCC1. The van der Waals surface area contributed by atoms with E-state index in [2.05, 4.69) is 15.5 Å². The van der Waals surface area contributed by atoms with E-state index in [1.807, 2.05) is 4.90 Å². The van der Waals surface area contributed by atoms with Crippen molar-refractivity contribution >= 4 is 6.03 Å². The molecule has 0 aliphatic carbocycles. The zero-order valence-corrected chi connectivity index (χ0v) is 9.17. The molecule has 0 aromatic carbocycles. The Morgan fingerprint density at radius 2 is 2.00 bits per heavy atom. The fraction of sp³-hybridized carbons (Fsp3) is 0.900. The summed E-state index contributed by atoms with van der Waals surface area (Å²) in [6, 6.07) is 0.1000. The Morgan fingerprint density at radius 1 is 1.07 bits per heavy atom. The van der Waals surface area contributed by atoms with Gasteiger partial charge in [0.05, 0.1) is 0 Å². The standard InChI is InChI=1S/C10H20N4O/c15-10-12-4-7-14(10)9-8-13-5-1-2-11-3-6-13/h11H,1-9H2,(H,12,15). The highest BCUT2D eigenvalue weighted by atomic mass is 16.2. The molecular weight excluding hydrogens is 192 g/mol. The smallest absolute Gasteiger partial charge is 0.317 e. The lowest BCUT2D eigenvalue weighted by molar-refractivity contribution is 0.203. The molecule has 0 spiro atoms. The molecule has 2 amide bonds. The first-order valence-corrected chi connectivity index (χ1v) is 5.82. The molecule has 0 atom stereocenters. The Bertz CT molecular complexity index is 213. The highest BCUT2D eigenvalue weighted by molar-refractivity contribution is 5.76. The van der Waals surface area contributed by atoms with E-state index in [0.29, 0.717) is 0 Å². The van der Waals surface area contributed by atoms with E-state index in [9.17, 15) is 4.79 Å². The zero-order valence-electron chi connectivity index (χ0n) is 9.17. The number of carbonyl (C=O) groups excluding carboxylic acids is 1. The molecule has 2 N–H and O–H groups in total. The van der Waals surface area contributed by atoms with E-state index < -0.39 is 0 Å². The van der Waals surface area contributed by atoms with Gasteiger partial charge in [0.25, 0.3) is 0 Å². The Morgan fingerprint density at radius 3 is 2.80 bits per heavy atom. The van der Waals surface area contributed by atoms with Crippen LogP contribution in [0.4, 0.5) is 4.79 Å². The minimum atomic E-state index is 0.1000. The monoisotopic (exact) mass is 212 g/mol. The van der Waals surface area contributed by atoms with Crippen molar-refractivity contribution in [3.63, 3.8) is 0 Å². The zero-order chi connectivity index (χ0) is 10.5. The molecule has 15 heavy (non-hydrogen) atoms. The molecule has 2 saturated heterocycles. The number of rotatable bonds is 3. The molecule has 2 aliphatic rings. The number of nitrogens with one attached hydrogen (secondary N) is 2. The summed E-state index contributed by atoms with van der Waals surface area (Å²) in [5, 5.41) is 6.21. The maximum absolute atomic E-state index is 11.3. The Hall–Kier alpha value is -0.810. The predicted octanol–water partition coefficient (Wildman–Crippen LogP) is -0.693. The number of carbonyl (C=O) groups is 1. The highest BCUT2D eigenvalue weighted by Gasteiger charge is 2.19. The van der Waals surface area contributed by atoms with Gasteiger partial charge in [0.2, 0.25) is 0 Å². The number of nitrogens with zero attached hydrogens (tertiary/aromatic N) is 2. The van der Waals surface area contributed by atoms with E-state index in [1.54, 1.807) is 0 Å². The molecule has 2 rings (SSSR count). The minimum absolute atomic E-state index is 0.1000. The number of hydrogen-bond donors (Lipinski definition) is 2. The number of amides is 2. The van der Waals surface area contributed by atoms with Crippen LogP contribution in [0.1, 0.15) is 6.42 Å². The van der Waals surface area contributed by atoms with Crippen molar-refractivity contribution < 1.29 is 4.79 Å². The molecule has 2 fully saturated rings. The maximum atomic E-state index is 11.3. The third-order valence-corrected chi connectivity index (χ3v) is 3.06. The van der Waals surface area contributed by atoms with E-state index >= 15 is 0 Å². The lowest BCUT2D eigenvalue weighted by Gasteiger charge is -2.22. The van der Waals surface area contributed by atoms with Gasteiger partial charge in [-0.05, 0) is 19.5 Å². The maximum Gasteiger partial charge on any atom is 0.317 e. The van der Waals surface area contributed by atoms with Crippen molar-refractivity contribution in [2.24, 2.45) is 0 Å². The van der Waals surface area contributed by atoms with Gasteiger partial charge in [-0.2, -0.15) is 0 Å². The second kappa shape index (κ2) is 5.32. The first-order valence-electron chi connectivity index (χ1n) is 5.82. The van der Waals surface area contributed by atoms with Gasteiger partial charge >= 0.3 is 6.03 Å². The number of urea groups is 1. The van der Waals surface area contributed by atoms with Gasteiger partial charge in [0.15, 0.2) is 0 Å². The quantitative estimate of drug-likeness (QED) is 0.651. The van der Waals surface area contributed by atoms with Gasteiger partial charge in [0, 0.05) is 39.3 Å².